The summed E-state index contributed by atoms with van der Waals surface area (Å²) in [5, 5.41) is 7.24. The van der Waals surface area contributed by atoms with Gasteiger partial charge in [-0.3, -0.25) is 18.7 Å². The van der Waals surface area contributed by atoms with Crippen molar-refractivity contribution in [2.75, 3.05) is 10.6 Å². The Bertz CT molecular complexity index is 1420. The number of rotatable bonds is 8. The molecule has 2 aromatic carbocycles. The van der Waals surface area contributed by atoms with Crippen LogP contribution in [-0.2, 0) is 22.7 Å². The molecule has 2 aromatic heterocycles. The zero-order valence-electron chi connectivity index (χ0n) is 18.8. The summed E-state index contributed by atoms with van der Waals surface area (Å²) in [7, 11) is 0. The van der Waals surface area contributed by atoms with Gasteiger partial charge < -0.3 is 10.6 Å². The molecule has 0 saturated heterocycles. The van der Waals surface area contributed by atoms with E-state index >= 15 is 0 Å². The lowest BCUT2D eigenvalue weighted by Crippen LogP contribution is -2.26. The number of benzene rings is 2. The van der Waals surface area contributed by atoms with Gasteiger partial charge in [-0.2, -0.15) is 0 Å². The van der Waals surface area contributed by atoms with Crippen molar-refractivity contribution < 1.29 is 14.0 Å². The predicted molar refractivity (Wildman–Crippen MR) is 132 cm³/mol. The third-order valence-electron chi connectivity index (χ3n) is 5.25. The van der Waals surface area contributed by atoms with Gasteiger partial charge in [-0.1, -0.05) is 19.1 Å². The van der Waals surface area contributed by atoms with Gasteiger partial charge in [0.15, 0.2) is 5.13 Å². The van der Waals surface area contributed by atoms with Gasteiger partial charge in [-0.05, 0) is 36.8 Å². The molecule has 2 heterocycles. The number of hydrogen-bond donors (Lipinski definition) is 2. The number of aromatic nitrogens is 3. The van der Waals surface area contributed by atoms with Crippen molar-refractivity contribution in [3.05, 3.63) is 64.1 Å². The molecule has 10 heteroatoms. The first-order valence-corrected chi connectivity index (χ1v) is 11.8. The number of carbonyl (C=O) groups excluding carboxylic acids is 2. The Hall–Kier alpha value is -3.79. The molecule has 0 aliphatic heterocycles. The fourth-order valence-electron chi connectivity index (χ4n) is 3.78. The fraction of sp³-hybridized carbons (Fsp3) is 0.250. The van der Waals surface area contributed by atoms with Gasteiger partial charge in [0.1, 0.15) is 5.82 Å². The first kappa shape index (κ1) is 23.4. The van der Waals surface area contributed by atoms with Crippen LogP contribution in [0.25, 0.3) is 22.3 Å². The third kappa shape index (κ3) is 4.91. The molecule has 0 aliphatic rings. The monoisotopic (exact) mass is 481 g/mol. The largest absolute Gasteiger partial charge is 0.329 e. The number of amides is 2. The second kappa shape index (κ2) is 10.0. The number of thiazole rings is 1. The van der Waals surface area contributed by atoms with Crippen LogP contribution in [0.2, 0.25) is 0 Å². The van der Waals surface area contributed by atoms with E-state index in [9.17, 15) is 18.8 Å². The van der Waals surface area contributed by atoms with E-state index < -0.39 is 5.82 Å². The van der Waals surface area contributed by atoms with Crippen molar-refractivity contribution in [2.45, 2.75) is 39.8 Å². The average Bonchev–Trinajstić information content (AvgIpc) is 3.35. The highest BCUT2D eigenvalue weighted by Gasteiger charge is 2.15. The molecule has 2 N–H and O–H groups in total. The van der Waals surface area contributed by atoms with E-state index in [1.54, 1.807) is 20.6 Å². The number of hydrogen-bond acceptors (Lipinski definition) is 5. The van der Waals surface area contributed by atoms with Gasteiger partial charge in [0.05, 0.1) is 16.7 Å². The lowest BCUT2D eigenvalue weighted by Gasteiger charge is -2.05. The predicted octanol–water partition coefficient (Wildman–Crippen LogP) is 4.46. The van der Waals surface area contributed by atoms with E-state index in [2.05, 4.69) is 15.6 Å². The molecular weight excluding hydrogens is 457 g/mol. The Labute approximate surface area is 199 Å². The maximum absolute atomic E-state index is 14.5. The van der Waals surface area contributed by atoms with Gasteiger partial charge in [0, 0.05) is 43.1 Å². The molecule has 0 unspecified atom stereocenters. The molecule has 0 fully saturated rings. The van der Waals surface area contributed by atoms with Gasteiger partial charge in [0.2, 0.25) is 11.8 Å². The number of nitrogens with zero attached hydrogens (tertiary/aromatic N) is 3. The fourth-order valence-corrected chi connectivity index (χ4v) is 4.51. The quantitative estimate of drug-likeness (QED) is 0.388. The summed E-state index contributed by atoms with van der Waals surface area (Å²) in [6.07, 6.45) is 0.923. The number of fused-ring (bicyclic) bond motifs is 1. The van der Waals surface area contributed by atoms with Crippen LogP contribution in [0.1, 0.15) is 26.7 Å². The molecule has 0 radical (unpaired) electrons. The van der Waals surface area contributed by atoms with Crippen molar-refractivity contribution >= 4 is 45.0 Å². The summed E-state index contributed by atoms with van der Waals surface area (Å²) in [6, 6.07) is 11.9. The van der Waals surface area contributed by atoms with Gasteiger partial charge >= 0.3 is 5.69 Å². The molecule has 0 bridgehead atoms. The van der Waals surface area contributed by atoms with Crippen molar-refractivity contribution in [1.82, 2.24) is 14.1 Å². The van der Waals surface area contributed by atoms with Crippen LogP contribution in [0.4, 0.5) is 15.2 Å². The summed E-state index contributed by atoms with van der Waals surface area (Å²) in [5.74, 6) is -1.11. The van der Waals surface area contributed by atoms with Crippen LogP contribution in [0, 0.1) is 5.82 Å². The molecule has 0 spiro atoms. The molecule has 4 aromatic rings. The number of halogens is 1. The van der Waals surface area contributed by atoms with Gasteiger partial charge in [-0.15, -0.1) is 11.3 Å². The number of imidazole rings is 1. The Morgan fingerprint density at radius 3 is 2.41 bits per heavy atom. The number of aryl methyl sites for hydroxylation is 2. The Kier molecular flexibility index (Phi) is 6.87. The van der Waals surface area contributed by atoms with Crippen molar-refractivity contribution in [3.8, 4) is 11.3 Å². The number of carbonyl (C=O) groups is 2. The van der Waals surface area contributed by atoms with E-state index in [4.69, 9.17) is 0 Å². The Morgan fingerprint density at radius 2 is 1.76 bits per heavy atom. The van der Waals surface area contributed by atoms with E-state index in [1.807, 2.05) is 31.2 Å². The molecule has 8 nitrogen and oxygen atoms in total. The Morgan fingerprint density at radius 1 is 1.06 bits per heavy atom. The minimum atomic E-state index is -0.530. The molecule has 4 rings (SSSR count). The number of nitrogens with one attached hydrogen (secondary N) is 2. The van der Waals surface area contributed by atoms with Gasteiger partial charge in [0.25, 0.3) is 0 Å². The van der Waals surface area contributed by atoms with Crippen LogP contribution in [0.3, 0.4) is 0 Å². The smallest absolute Gasteiger partial charge is 0.326 e. The summed E-state index contributed by atoms with van der Waals surface area (Å²) in [4.78, 5) is 40.8. The maximum Gasteiger partial charge on any atom is 0.329 e. The van der Waals surface area contributed by atoms with Crippen LogP contribution >= 0.6 is 11.3 Å². The van der Waals surface area contributed by atoms with E-state index in [1.165, 1.54) is 30.4 Å². The van der Waals surface area contributed by atoms with Crippen LogP contribution < -0.4 is 16.3 Å². The molecule has 0 saturated carbocycles. The van der Waals surface area contributed by atoms with Crippen LogP contribution in [0.5, 0.6) is 0 Å². The topological polar surface area (TPSA) is 98.0 Å². The van der Waals surface area contributed by atoms with E-state index in [-0.39, 0.29) is 36.0 Å². The summed E-state index contributed by atoms with van der Waals surface area (Å²) >= 11 is 1.18. The first-order chi connectivity index (χ1) is 16.4. The molecular formula is C24H24FN5O3S. The molecule has 0 aliphatic carbocycles. The summed E-state index contributed by atoms with van der Waals surface area (Å²) in [6.45, 7) is 4.21. The first-order valence-electron chi connectivity index (χ1n) is 10.9. The highest BCUT2D eigenvalue weighted by Crippen LogP contribution is 2.28. The lowest BCUT2D eigenvalue weighted by atomic mass is 10.1. The van der Waals surface area contributed by atoms with Crippen molar-refractivity contribution in [1.29, 1.82) is 0 Å². The second-order valence-corrected chi connectivity index (χ2v) is 8.64. The highest BCUT2D eigenvalue weighted by atomic mass is 32.1. The van der Waals surface area contributed by atoms with Crippen LogP contribution in [-0.4, -0.2) is 25.9 Å². The summed E-state index contributed by atoms with van der Waals surface area (Å²) < 4.78 is 17.8. The average molecular weight is 482 g/mol. The number of para-hydroxylation sites is 2. The van der Waals surface area contributed by atoms with Gasteiger partial charge in [-0.25, -0.2) is 14.2 Å². The SMILES string of the molecule is CCCn1c(=O)n(CCC(=O)Nc2nc(-c3ccc(NC(C)=O)cc3F)cs2)c2ccccc21. The number of anilines is 2. The third-order valence-corrected chi connectivity index (χ3v) is 6.01. The molecule has 176 valence electrons. The Balaban J connectivity index is 1.44. The highest BCUT2D eigenvalue weighted by molar-refractivity contribution is 7.14. The van der Waals surface area contributed by atoms with Crippen molar-refractivity contribution in [3.63, 3.8) is 0 Å². The van der Waals surface area contributed by atoms with Crippen molar-refractivity contribution in [2.24, 2.45) is 0 Å². The van der Waals surface area contributed by atoms with Crippen LogP contribution in [0.15, 0.2) is 52.6 Å². The minimum absolute atomic E-state index is 0.0920. The normalized spacial score (nSPS) is 11.0. The standard InChI is InChI=1S/C24H24FN5O3S/c1-3-11-29-20-6-4-5-7-21(20)30(24(29)33)12-10-22(32)28-23-27-19(14-34-23)17-9-8-16(13-18(17)25)26-15(2)31/h4-9,13-14H,3,10-12H2,1-2H3,(H,26,31)(H,27,28,32). The van der Waals surface area contributed by atoms with E-state index in [0.29, 0.717) is 23.1 Å². The minimum Gasteiger partial charge on any atom is -0.326 e. The lowest BCUT2D eigenvalue weighted by molar-refractivity contribution is -0.116. The zero-order chi connectivity index (χ0) is 24.2. The second-order valence-electron chi connectivity index (χ2n) is 7.79. The molecule has 2 amide bonds. The summed E-state index contributed by atoms with van der Waals surface area (Å²) in [5.41, 5.74) is 2.51. The molecule has 34 heavy (non-hydrogen) atoms. The maximum atomic E-state index is 14.5. The zero-order valence-corrected chi connectivity index (χ0v) is 19.6. The van der Waals surface area contributed by atoms with E-state index in [0.717, 1.165) is 17.5 Å². The molecule has 0 atom stereocenters.